The minimum Gasteiger partial charge on any atom is -0.378 e. The average Bonchev–Trinajstić information content (AvgIpc) is 2.81. The molecule has 0 aromatic carbocycles. The third-order valence-electron chi connectivity index (χ3n) is 5.14. The highest BCUT2D eigenvalue weighted by Gasteiger charge is 2.17. The minimum atomic E-state index is 0.0344. The van der Waals surface area contributed by atoms with Crippen LogP contribution < -0.4 is 4.90 Å². The molecule has 2 aliphatic rings. The molecule has 186 valence electrons. The van der Waals surface area contributed by atoms with E-state index in [1.54, 1.807) is 6.08 Å². The van der Waals surface area contributed by atoms with Gasteiger partial charge in [0.05, 0.1) is 13.2 Å². The van der Waals surface area contributed by atoms with Crippen molar-refractivity contribution in [2.45, 2.75) is 47.1 Å². The number of hydrogen-bond acceptors (Lipinski definition) is 7. The van der Waals surface area contributed by atoms with Crippen molar-refractivity contribution in [3.8, 4) is 0 Å². The Labute approximate surface area is 204 Å². The molecule has 0 aliphatic carbocycles. The van der Waals surface area contributed by atoms with Gasteiger partial charge in [0.15, 0.2) is 5.78 Å². The first-order valence-corrected chi connectivity index (χ1v) is 12.3. The molecular formula is C25H41ClN4O3. The number of nitrogens with zero attached hydrogens (tertiary/aromatic N) is 4. The molecule has 0 bridgehead atoms. The van der Waals surface area contributed by atoms with Crippen LogP contribution in [0, 0.1) is 0 Å². The summed E-state index contributed by atoms with van der Waals surface area (Å²) in [5.41, 5.74) is 2.23. The van der Waals surface area contributed by atoms with E-state index in [9.17, 15) is 9.59 Å². The molecule has 0 amide bonds. The standard InChI is InChI=1S/C15H23ClN4O.C8H12O2.C2H6/c1-18-2-4-19(5-3-18)12-13-10-14(16)17-15(11-13)20-6-8-21-9-7-20;1-7(2)6-8(10)4-3-5-9;1-2/h10-11H,2-9,12H2,1H3;5-6H,3-4H2,1-2H3;1-2H3. The monoisotopic (exact) mass is 480 g/mol. The summed E-state index contributed by atoms with van der Waals surface area (Å²) >= 11 is 6.21. The molecule has 33 heavy (non-hydrogen) atoms. The van der Waals surface area contributed by atoms with Crippen molar-refractivity contribution in [3.63, 3.8) is 0 Å². The summed E-state index contributed by atoms with van der Waals surface area (Å²) in [4.78, 5) is 32.2. The molecule has 0 radical (unpaired) electrons. The lowest BCUT2D eigenvalue weighted by Crippen LogP contribution is -2.43. The normalized spacial score (nSPS) is 16.6. The van der Waals surface area contributed by atoms with Gasteiger partial charge in [0.25, 0.3) is 0 Å². The molecule has 7 nitrogen and oxygen atoms in total. The van der Waals surface area contributed by atoms with Crippen LogP contribution >= 0.6 is 11.6 Å². The molecule has 8 heteroatoms. The van der Waals surface area contributed by atoms with Gasteiger partial charge in [0.1, 0.15) is 17.3 Å². The third kappa shape index (κ3) is 12.3. The van der Waals surface area contributed by atoms with Gasteiger partial charge in [-0.3, -0.25) is 9.69 Å². The predicted octanol–water partition coefficient (Wildman–Crippen LogP) is 3.85. The second-order valence-electron chi connectivity index (χ2n) is 8.23. The number of allylic oxidation sites excluding steroid dienone is 2. The largest absolute Gasteiger partial charge is 0.378 e. The van der Waals surface area contributed by atoms with Crippen molar-refractivity contribution in [2.75, 3.05) is 64.4 Å². The number of ether oxygens (including phenoxy) is 1. The first kappa shape index (κ1) is 29.2. The van der Waals surface area contributed by atoms with Crippen LogP contribution in [0.5, 0.6) is 0 Å². The number of likely N-dealkylation sites (N-methyl/N-ethyl adjacent to an activating group) is 1. The van der Waals surface area contributed by atoms with Crippen LogP contribution in [0.3, 0.4) is 0 Å². The van der Waals surface area contributed by atoms with Gasteiger partial charge in [-0.15, -0.1) is 0 Å². The van der Waals surface area contributed by atoms with E-state index < -0.39 is 0 Å². The molecule has 0 atom stereocenters. The number of morpholine rings is 1. The Bertz CT molecular complexity index is 739. The molecule has 3 rings (SSSR count). The quantitative estimate of drug-likeness (QED) is 0.333. The maximum absolute atomic E-state index is 10.8. The summed E-state index contributed by atoms with van der Waals surface area (Å²) in [6, 6.07) is 4.17. The van der Waals surface area contributed by atoms with Crippen LogP contribution in [0.4, 0.5) is 5.82 Å². The van der Waals surface area contributed by atoms with Crippen molar-refractivity contribution >= 4 is 29.5 Å². The Morgan fingerprint density at radius 1 is 1.09 bits per heavy atom. The predicted molar refractivity (Wildman–Crippen MR) is 136 cm³/mol. The molecule has 2 fully saturated rings. The zero-order valence-corrected chi connectivity index (χ0v) is 21.7. The van der Waals surface area contributed by atoms with Gasteiger partial charge in [-0.05, 0) is 44.7 Å². The van der Waals surface area contributed by atoms with Crippen LogP contribution in [0.15, 0.2) is 23.8 Å². The van der Waals surface area contributed by atoms with Gasteiger partial charge in [-0.2, -0.15) is 0 Å². The summed E-state index contributed by atoms with van der Waals surface area (Å²) < 4.78 is 5.40. The SMILES string of the molecule is CC.CC(C)=CC(=O)CCC=O.CN1CCN(Cc2cc(Cl)nc(N3CCOCC3)c2)CC1. The van der Waals surface area contributed by atoms with E-state index >= 15 is 0 Å². The zero-order chi connectivity index (χ0) is 24.6. The van der Waals surface area contributed by atoms with Crippen molar-refractivity contribution in [1.29, 1.82) is 0 Å². The number of ketones is 1. The fourth-order valence-corrected chi connectivity index (χ4v) is 3.67. The Kier molecular flexibility index (Phi) is 14.8. The first-order chi connectivity index (χ1) is 15.9. The number of rotatable bonds is 7. The highest BCUT2D eigenvalue weighted by Crippen LogP contribution is 2.20. The lowest BCUT2D eigenvalue weighted by molar-refractivity contribution is -0.117. The molecule has 2 aliphatic heterocycles. The van der Waals surface area contributed by atoms with Gasteiger partial charge >= 0.3 is 0 Å². The Morgan fingerprint density at radius 2 is 1.73 bits per heavy atom. The fraction of sp³-hybridized carbons (Fsp3) is 0.640. The molecule has 1 aromatic rings. The van der Waals surface area contributed by atoms with Crippen LogP contribution in [-0.2, 0) is 20.9 Å². The van der Waals surface area contributed by atoms with Crippen LogP contribution in [0.1, 0.15) is 46.1 Å². The molecule has 0 spiro atoms. The number of pyridine rings is 1. The van der Waals surface area contributed by atoms with Crippen LogP contribution in [0.25, 0.3) is 0 Å². The second kappa shape index (κ2) is 16.8. The smallest absolute Gasteiger partial charge is 0.156 e. The Hall–Kier alpha value is -1.80. The summed E-state index contributed by atoms with van der Waals surface area (Å²) in [7, 11) is 2.18. The summed E-state index contributed by atoms with van der Waals surface area (Å²) in [5.74, 6) is 1.02. The number of carbonyl (C=O) groups is 2. The van der Waals surface area contributed by atoms with E-state index in [1.165, 1.54) is 5.56 Å². The number of halogens is 1. The van der Waals surface area contributed by atoms with Gasteiger partial charge < -0.3 is 19.3 Å². The highest BCUT2D eigenvalue weighted by molar-refractivity contribution is 6.29. The van der Waals surface area contributed by atoms with Gasteiger partial charge in [0, 0.05) is 58.7 Å². The average molecular weight is 481 g/mol. The molecule has 0 saturated carbocycles. The van der Waals surface area contributed by atoms with Crippen LogP contribution in [-0.4, -0.2) is 86.4 Å². The number of aromatic nitrogens is 1. The highest BCUT2D eigenvalue weighted by atomic mass is 35.5. The van der Waals surface area contributed by atoms with E-state index in [-0.39, 0.29) is 5.78 Å². The van der Waals surface area contributed by atoms with E-state index in [2.05, 4.69) is 32.8 Å². The van der Waals surface area contributed by atoms with E-state index in [1.807, 2.05) is 33.8 Å². The molecule has 0 N–H and O–H groups in total. The Morgan fingerprint density at radius 3 is 2.30 bits per heavy atom. The van der Waals surface area contributed by atoms with E-state index in [4.69, 9.17) is 16.3 Å². The lowest BCUT2D eigenvalue weighted by atomic mass is 10.2. The molecule has 2 saturated heterocycles. The van der Waals surface area contributed by atoms with Crippen LogP contribution in [0.2, 0.25) is 5.15 Å². The maximum Gasteiger partial charge on any atom is 0.156 e. The van der Waals surface area contributed by atoms with Gasteiger partial charge in [0.2, 0.25) is 0 Å². The Balaban J connectivity index is 0.000000386. The van der Waals surface area contributed by atoms with Crippen molar-refractivity contribution in [3.05, 3.63) is 34.5 Å². The number of hydrogen-bond donors (Lipinski definition) is 0. The second-order valence-corrected chi connectivity index (χ2v) is 8.62. The number of piperazine rings is 1. The van der Waals surface area contributed by atoms with Gasteiger partial charge in [-0.25, -0.2) is 4.98 Å². The summed E-state index contributed by atoms with van der Waals surface area (Å²) in [5, 5.41) is 0.586. The zero-order valence-electron chi connectivity index (χ0n) is 21.0. The molecule has 1 aromatic heterocycles. The minimum absolute atomic E-state index is 0.0344. The van der Waals surface area contributed by atoms with Crippen molar-refractivity contribution in [1.82, 2.24) is 14.8 Å². The number of aldehydes is 1. The summed E-state index contributed by atoms with van der Waals surface area (Å²) in [6.45, 7) is 16.5. The fourth-order valence-electron chi connectivity index (χ4n) is 3.44. The molecule has 0 unspecified atom stereocenters. The number of anilines is 1. The lowest BCUT2D eigenvalue weighted by Gasteiger charge is -2.33. The van der Waals surface area contributed by atoms with Crippen molar-refractivity contribution < 1.29 is 14.3 Å². The number of carbonyl (C=O) groups excluding carboxylic acids is 2. The van der Waals surface area contributed by atoms with Crippen molar-refractivity contribution in [2.24, 2.45) is 0 Å². The topological polar surface area (TPSA) is 66.0 Å². The summed E-state index contributed by atoms with van der Waals surface area (Å²) in [6.07, 6.45) is 3.00. The third-order valence-corrected chi connectivity index (χ3v) is 5.33. The molecular weight excluding hydrogens is 440 g/mol. The molecule has 3 heterocycles. The van der Waals surface area contributed by atoms with E-state index in [0.717, 1.165) is 76.7 Å². The first-order valence-electron chi connectivity index (χ1n) is 11.9. The van der Waals surface area contributed by atoms with E-state index in [0.29, 0.717) is 18.0 Å². The van der Waals surface area contributed by atoms with Gasteiger partial charge in [-0.1, -0.05) is 31.0 Å². The maximum atomic E-state index is 10.8.